The Morgan fingerprint density at radius 2 is 2.33 bits per heavy atom. The van der Waals surface area contributed by atoms with Gasteiger partial charge in [0.15, 0.2) is 0 Å². The molecule has 0 saturated carbocycles. The number of hydrogen-bond donors (Lipinski definition) is 0. The number of amides is 1. The smallest absolute Gasteiger partial charge is 0.246 e. The third-order valence-corrected chi connectivity index (χ3v) is 2.79. The minimum absolute atomic E-state index is 0.0668. The van der Waals surface area contributed by atoms with Crippen molar-refractivity contribution in [2.24, 2.45) is 5.92 Å². The Bertz CT molecular complexity index is 327. The summed E-state index contributed by atoms with van der Waals surface area (Å²) in [5.74, 6) is 0.575. The van der Waals surface area contributed by atoms with Crippen LogP contribution in [0.1, 0.15) is 18.7 Å². The highest BCUT2D eigenvalue weighted by molar-refractivity contribution is 7.10. The molecule has 0 unspecified atom stereocenters. The maximum atomic E-state index is 11.6. The van der Waals surface area contributed by atoms with Crippen molar-refractivity contribution in [1.29, 1.82) is 0 Å². The second-order valence-corrected chi connectivity index (χ2v) is 4.94. The van der Waals surface area contributed by atoms with Gasteiger partial charge in [-0.15, -0.1) is 11.3 Å². The van der Waals surface area contributed by atoms with E-state index in [2.05, 4.69) is 13.8 Å². The van der Waals surface area contributed by atoms with Crippen LogP contribution in [-0.2, 0) is 4.79 Å². The quantitative estimate of drug-likeness (QED) is 0.719. The van der Waals surface area contributed by atoms with E-state index in [1.165, 1.54) is 0 Å². The van der Waals surface area contributed by atoms with Gasteiger partial charge in [0, 0.05) is 24.5 Å². The summed E-state index contributed by atoms with van der Waals surface area (Å²) in [6, 6.07) is 3.98. The van der Waals surface area contributed by atoms with Crippen LogP contribution in [0.2, 0.25) is 0 Å². The largest absolute Gasteiger partial charge is 0.342 e. The van der Waals surface area contributed by atoms with E-state index in [9.17, 15) is 4.79 Å². The van der Waals surface area contributed by atoms with Gasteiger partial charge in [-0.05, 0) is 23.4 Å². The fourth-order valence-electron chi connectivity index (χ4n) is 1.30. The number of nitrogens with zero attached hydrogens (tertiary/aromatic N) is 1. The molecular formula is C12H17NOS. The molecule has 0 aliphatic heterocycles. The monoisotopic (exact) mass is 223 g/mol. The Balaban J connectivity index is 2.48. The van der Waals surface area contributed by atoms with Crippen LogP contribution in [0.5, 0.6) is 0 Å². The summed E-state index contributed by atoms with van der Waals surface area (Å²) in [7, 11) is 1.83. The third-order valence-electron chi connectivity index (χ3n) is 1.95. The molecule has 0 aromatic carbocycles. The minimum atomic E-state index is 0.0668. The van der Waals surface area contributed by atoms with E-state index in [0.29, 0.717) is 5.92 Å². The summed E-state index contributed by atoms with van der Waals surface area (Å²) in [6.45, 7) is 5.01. The average Bonchev–Trinajstić information content (AvgIpc) is 2.65. The highest BCUT2D eigenvalue weighted by Gasteiger charge is 2.06. The van der Waals surface area contributed by atoms with E-state index in [1.807, 2.05) is 30.6 Å². The molecule has 0 spiro atoms. The molecule has 1 heterocycles. The number of thiophene rings is 1. The van der Waals surface area contributed by atoms with Crippen LogP contribution in [0.25, 0.3) is 6.08 Å². The summed E-state index contributed by atoms with van der Waals surface area (Å²) in [5, 5.41) is 2.00. The molecule has 0 fully saturated rings. The molecule has 0 bridgehead atoms. The van der Waals surface area contributed by atoms with Crippen molar-refractivity contribution < 1.29 is 4.79 Å². The van der Waals surface area contributed by atoms with Crippen LogP contribution in [0.15, 0.2) is 23.6 Å². The summed E-state index contributed by atoms with van der Waals surface area (Å²) < 4.78 is 0. The van der Waals surface area contributed by atoms with E-state index in [4.69, 9.17) is 0 Å². The molecule has 82 valence electrons. The van der Waals surface area contributed by atoms with Crippen molar-refractivity contribution in [2.45, 2.75) is 13.8 Å². The van der Waals surface area contributed by atoms with Crippen LogP contribution < -0.4 is 0 Å². The van der Waals surface area contributed by atoms with E-state index in [-0.39, 0.29) is 5.91 Å². The van der Waals surface area contributed by atoms with E-state index >= 15 is 0 Å². The van der Waals surface area contributed by atoms with Crippen molar-refractivity contribution in [3.8, 4) is 0 Å². The summed E-state index contributed by atoms with van der Waals surface area (Å²) >= 11 is 1.63. The normalized spacial score (nSPS) is 11.2. The zero-order valence-corrected chi connectivity index (χ0v) is 10.3. The first kappa shape index (κ1) is 12.0. The maximum Gasteiger partial charge on any atom is 0.246 e. The van der Waals surface area contributed by atoms with Crippen LogP contribution in [0.4, 0.5) is 0 Å². The molecule has 0 N–H and O–H groups in total. The number of rotatable bonds is 4. The highest BCUT2D eigenvalue weighted by atomic mass is 32.1. The van der Waals surface area contributed by atoms with Gasteiger partial charge < -0.3 is 4.90 Å². The first-order chi connectivity index (χ1) is 7.09. The standard InChI is InChI=1S/C12H17NOS/c1-10(2)9-13(3)12(14)7-6-11-5-4-8-15-11/h4-8,10H,9H2,1-3H3/b7-6+. The van der Waals surface area contributed by atoms with E-state index in [1.54, 1.807) is 22.3 Å². The Hall–Kier alpha value is -1.09. The fraction of sp³-hybridized carbons (Fsp3) is 0.417. The lowest BCUT2D eigenvalue weighted by atomic mass is 10.2. The van der Waals surface area contributed by atoms with E-state index < -0.39 is 0 Å². The zero-order chi connectivity index (χ0) is 11.3. The van der Waals surface area contributed by atoms with Gasteiger partial charge in [-0.3, -0.25) is 4.79 Å². The van der Waals surface area contributed by atoms with Crippen molar-refractivity contribution in [1.82, 2.24) is 4.90 Å². The number of hydrogen-bond acceptors (Lipinski definition) is 2. The molecule has 0 saturated heterocycles. The SMILES string of the molecule is CC(C)CN(C)C(=O)/C=C/c1cccs1. The van der Waals surface area contributed by atoms with Crippen molar-refractivity contribution >= 4 is 23.3 Å². The Labute approximate surface area is 95.2 Å². The Kier molecular flexibility index (Phi) is 4.56. The zero-order valence-electron chi connectivity index (χ0n) is 9.43. The molecular weight excluding hydrogens is 206 g/mol. The second-order valence-electron chi connectivity index (χ2n) is 3.96. The van der Waals surface area contributed by atoms with Crippen LogP contribution in [0.3, 0.4) is 0 Å². The summed E-state index contributed by atoms with van der Waals surface area (Å²) in [4.78, 5) is 14.5. The third kappa shape index (κ3) is 4.30. The summed E-state index contributed by atoms with van der Waals surface area (Å²) in [5.41, 5.74) is 0. The van der Waals surface area contributed by atoms with Gasteiger partial charge in [-0.1, -0.05) is 19.9 Å². The van der Waals surface area contributed by atoms with E-state index in [0.717, 1.165) is 11.4 Å². The van der Waals surface area contributed by atoms with Crippen LogP contribution in [0, 0.1) is 5.92 Å². The van der Waals surface area contributed by atoms with Gasteiger partial charge in [0.25, 0.3) is 0 Å². The molecule has 1 amide bonds. The first-order valence-corrected chi connectivity index (χ1v) is 5.94. The molecule has 0 atom stereocenters. The lowest BCUT2D eigenvalue weighted by Crippen LogP contribution is -2.28. The molecule has 0 aliphatic rings. The van der Waals surface area contributed by atoms with Crippen molar-refractivity contribution in [3.63, 3.8) is 0 Å². The number of likely N-dealkylation sites (N-methyl/N-ethyl adjacent to an activating group) is 1. The molecule has 1 aromatic heterocycles. The second kappa shape index (κ2) is 5.71. The molecule has 2 nitrogen and oxygen atoms in total. The lowest BCUT2D eigenvalue weighted by Gasteiger charge is -2.17. The van der Waals surface area contributed by atoms with Crippen molar-refractivity contribution in [2.75, 3.05) is 13.6 Å². The number of carbonyl (C=O) groups is 1. The summed E-state index contributed by atoms with van der Waals surface area (Å²) in [6.07, 6.45) is 3.50. The molecule has 1 rings (SSSR count). The molecule has 15 heavy (non-hydrogen) atoms. The van der Waals surface area contributed by atoms with Gasteiger partial charge in [0.05, 0.1) is 0 Å². The van der Waals surface area contributed by atoms with Gasteiger partial charge in [0.2, 0.25) is 5.91 Å². The van der Waals surface area contributed by atoms with Crippen LogP contribution >= 0.6 is 11.3 Å². The van der Waals surface area contributed by atoms with Gasteiger partial charge in [0.1, 0.15) is 0 Å². The average molecular weight is 223 g/mol. The first-order valence-electron chi connectivity index (χ1n) is 5.06. The van der Waals surface area contributed by atoms with Crippen molar-refractivity contribution in [3.05, 3.63) is 28.5 Å². The van der Waals surface area contributed by atoms with Gasteiger partial charge >= 0.3 is 0 Å². The Morgan fingerprint density at radius 3 is 2.87 bits per heavy atom. The predicted molar refractivity (Wildman–Crippen MR) is 65.8 cm³/mol. The highest BCUT2D eigenvalue weighted by Crippen LogP contribution is 2.10. The molecule has 1 aromatic rings. The lowest BCUT2D eigenvalue weighted by molar-refractivity contribution is -0.125. The molecule has 0 aliphatic carbocycles. The Morgan fingerprint density at radius 1 is 1.60 bits per heavy atom. The maximum absolute atomic E-state index is 11.6. The number of carbonyl (C=O) groups excluding carboxylic acids is 1. The van der Waals surface area contributed by atoms with Crippen LogP contribution in [-0.4, -0.2) is 24.4 Å². The van der Waals surface area contributed by atoms with Gasteiger partial charge in [-0.2, -0.15) is 0 Å². The minimum Gasteiger partial charge on any atom is -0.342 e. The van der Waals surface area contributed by atoms with Gasteiger partial charge in [-0.25, -0.2) is 0 Å². The molecule has 0 radical (unpaired) electrons. The fourth-order valence-corrected chi connectivity index (χ4v) is 1.92. The topological polar surface area (TPSA) is 20.3 Å². The molecule has 3 heteroatoms. The predicted octanol–water partition coefficient (Wildman–Crippen LogP) is 2.88.